The molecule has 0 atom stereocenters. The number of nitrogens with zero attached hydrogens (tertiary/aromatic N) is 1. The second kappa shape index (κ2) is 6.54. The molecule has 2 aromatic heterocycles. The van der Waals surface area contributed by atoms with Crippen molar-refractivity contribution in [2.75, 3.05) is 0 Å². The predicted octanol–water partition coefficient (Wildman–Crippen LogP) is 4.66. The molecule has 0 spiro atoms. The third kappa shape index (κ3) is 3.30. The summed E-state index contributed by atoms with van der Waals surface area (Å²) < 4.78 is 0. The van der Waals surface area contributed by atoms with Crippen LogP contribution in [0, 0.1) is 0 Å². The van der Waals surface area contributed by atoms with E-state index in [0.717, 1.165) is 22.0 Å². The zero-order valence-electron chi connectivity index (χ0n) is 10.7. The van der Waals surface area contributed by atoms with Crippen molar-refractivity contribution in [1.82, 2.24) is 4.98 Å². The van der Waals surface area contributed by atoms with Crippen molar-refractivity contribution in [3.8, 4) is 10.6 Å². The molecule has 3 aromatic rings. The highest BCUT2D eigenvalue weighted by Crippen LogP contribution is 2.29. The maximum absolute atomic E-state index is 9.02. The van der Waals surface area contributed by atoms with Crippen molar-refractivity contribution < 1.29 is 5.11 Å². The first-order valence-electron chi connectivity index (χ1n) is 6.15. The Hall–Kier alpha value is -1.14. The number of benzene rings is 1. The van der Waals surface area contributed by atoms with Crippen molar-refractivity contribution >= 4 is 34.4 Å². The molecule has 102 valence electrons. The number of aromatic nitrogens is 1. The summed E-state index contributed by atoms with van der Waals surface area (Å²) in [5, 5.41) is 16.4. The fourth-order valence-electron chi connectivity index (χ4n) is 1.74. The first-order chi connectivity index (χ1) is 9.85. The van der Waals surface area contributed by atoms with Crippen molar-refractivity contribution in [1.29, 1.82) is 0 Å². The summed E-state index contributed by atoms with van der Waals surface area (Å²) in [6.07, 6.45) is 0. The van der Waals surface area contributed by atoms with E-state index >= 15 is 0 Å². The monoisotopic (exact) mass is 319 g/mol. The molecular weight excluding hydrogens is 306 g/mol. The smallest absolute Gasteiger partial charge is 0.124 e. The lowest BCUT2D eigenvalue weighted by Gasteiger charge is -2.01. The van der Waals surface area contributed by atoms with Gasteiger partial charge < -0.3 is 5.11 Å². The summed E-state index contributed by atoms with van der Waals surface area (Å²) in [4.78, 5) is 5.87. The maximum atomic E-state index is 9.02. The molecule has 2 nitrogen and oxygen atoms in total. The van der Waals surface area contributed by atoms with Crippen LogP contribution in [-0.4, -0.2) is 10.1 Å². The van der Waals surface area contributed by atoms with Crippen molar-refractivity contribution in [3.05, 3.63) is 57.7 Å². The first-order valence-corrected chi connectivity index (χ1v) is 8.95. The Labute approximate surface area is 130 Å². The van der Waals surface area contributed by atoms with E-state index in [9.17, 15) is 0 Å². The molecule has 3 rings (SSSR count). The van der Waals surface area contributed by atoms with E-state index in [-0.39, 0.29) is 6.61 Å². The average Bonchev–Trinajstić information content (AvgIpc) is 3.16. The second-order valence-corrected chi connectivity index (χ2v) is 6.93. The zero-order valence-corrected chi connectivity index (χ0v) is 13.1. The molecule has 0 amide bonds. The van der Waals surface area contributed by atoms with Gasteiger partial charge >= 0.3 is 0 Å². The van der Waals surface area contributed by atoms with Crippen LogP contribution < -0.4 is 0 Å². The van der Waals surface area contributed by atoms with Crippen LogP contribution >= 0.6 is 34.4 Å². The molecule has 0 bridgehead atoms. The van der Waals surface area contributed by atoms with E-state index in [1.54, 1.807) is 34.4 Å². The molecule has 0 radical (unpaired) electrons. The van der Waals surface area contributed by atoms with E-state index < -0.39 is 0 Å². The molecule has 5 heteroatoms. The van der Waals surface area contributed by atoms with Crippen molar-refractivity contribution in [2.45, 2.75) is 17.3 Å². The van der Waals surface area contributed by atoms with E-state index in [1.807, 2.05) is 24.3 Å². The first kappa shape index (κ1) is 13.8. The summed E-state index contributed by atoms with van der Waals surface area (Å²) in [6, 6.07) is 10.1. The van der Waals surface area contributed by atoms with Gasteiger partial charge in [-0.25, -0.2) is 4.98 Å². The molecule has 0 saturated carbocycles. The molecule has 0 saturated heterocycles. The van der Waals surface area contributed by atoms with Gasteiger partial charge in [0.15, 0.2) is 0 Å². The van der Waals surface area contributed by atoms with Gasteiger partial charge in [-0.15, -0.1) is 23.1 Å². The Kier molecular flexibility index (Phi) is 4.52. The minimum atomic E-state index is 0.0982. The summed E-state index contributed by atoms with van der Waals surface area (Å²) in [5.41, 5.74) is 3.28. The number of hydrogen-bond acceptors (Lipinski definition) is 5. The Bertz CT molecular complexity index is 659. The lowest BCUT2D eigenvalue weighted by Crippen LogP contribution is -1.83. The molecule has 0 aliphatic rings. The number of hydrogen-bond donors (Lipinski definition) is 1. The SMILES string of the molecule is OCc1ccc(SCc2csc(-c3ccsc3)n2)cc1. The molecule has 0 aliphatic carbocycles. The number of thiophene rings is 1. The van der Waals surface area contributed by atoms with Crippen LogP contribution in [0.15, 0.2) is 51.4 Å². The number of aliphatic hydroxyl groups is 1. The summed E-state index contributed by atoms with van der Waals surface area (Å²) in [7, 11) is 0. The Morgan fingerprint density at radius 3 is 2.65 bits per heavy atom. The van der Waals surface area contributed by atoms with E-state index in [0.29, 0.717) is 0 Å². The van der Waals surface area contributed by atoms with Gasteiger partial charge in [0.1, 0.15) is 5.01 Å². The topological polar surface area (TPSA) is 33.1 Å². The van der Waals surface area contributed by atoms with Gasteiger partial charge in [-0.2, -0.15) is 11.3 Å². The van der Waals surface area contributed by atoms with Crippen LogP contribution in [0.1, 0.15) is 11.3 Å². The van der Waals surface area contributed by atoms with E-state index in [4.69, 9.17) is 5.11 Å². The van der Waals surface area contributed by atoms with Gasteiger partial charge in [0.2, 0.25) is 0 Å². The summed E-state index contributed by atoms with van der Waals surface area (Å²) in [5.74, 6) is 0.874. The third-order valence-corrected chi connectivity index (χ3v) is 5.48. The summed E-state index contributed by atoms with van der Waals surface area (Å²) >= 11 is 5.16. The normalized spacial score (nSPS) is 10.8. The fraction of sp³-hybridized carbons (Fsp3) is 0.133. The zero-order chi connectivity index (χ0) is 13.8. The lowest BCUT2D eigenvalue weighted by atomic mass is 10.2. The van der Waals surface area contributed by atoms with E-state index in [1.165, 1.54) is 10.5 Å². The van der Waals surface area contributed by atoms with E-state index in [2.05, 4.69) is 27.2 Å². The van der Waals surface area contributed by atoms with Gasteiger partial charge in [-0.1, -0.05) is 12.1 Å². The van der Waals surface area contributed by atoms with Crippen LogP contribution in [0.4, 0.5) is 0 Å². The third-order valence-electron chi connectivity index (χ3n) is 2.81. The molecule has 2 heterocycles. The highest BCUT2D eigenvalue weighted by atomic mass is 32.2. The van der Waals surface area contributed by atoms with Gasteiger partial charge in [-0.3, -0.25) is 0 Å². The average molecular weight is 319 g/mol. The van der Waals surface area contributed by atoms with Crippen LogP contribution in [0.5, 0.6) is 0 Å². The summed E-state index contributed by atoms with van der Waals surface area (Å²) in [6.45, 7) is 0.0982. The van der Waals surface area contributed by atoms with Crippen molar-refractivity contribution in [2.24, 2.45) is 0 Å². The quantitative estimate of drug-likeness (QED) is 0.695. The van der Waals surface area contributed by atoms with Crippen LogP contribution in [0.25, 0.3) is 10.6 Å². The number of thiazole rings is 1. The predicted molar refractivity (Wildman–Crippen MR) is 87.4 cm³/mol. The highest BCUT2D eigenvalue weighted by molar-refractivity contribution is 7.98. The lowest BCUT2D eigenvalue weighted by molar-refractivity contribution is 0.282. The molecular formula is C15H13NOS3. The molecule has 20 heavy (non-hydrogen) atoms. The Balaban J connectivity index is 1.63. The molecule has 1 aromatic carbocycles. The van der Waals surface area contributed by atoms with Crippen molar-refractivity contribution in [3.63, 3.8) is 0 Å². The van der Waals surface area contributed by atoms with Gasteiger partial charge in [0, 0.05) is 27.0 Å². The van der Waals surface area contributed by atoms with Gasteiger partial charge in [0.05, 0.1) is 12.3 Å². The minimum absolute atomic E-state index is 0.0982. The number of rotatable bonds is 5. The number of thioether (sulfide) groups is 1. The molecule has 0 fully saturated rings. The Morgan fingerprint density at radius 1 is 1.10 bits per heavy atom. The minimum Gasteiger partial charge on any atom is -0.392 e. The number of aliphatic hydroxyl groups excluding tert-OH is 1. The standard InChI is InChI=1S/C15H13NOS3/c17-7-11-1-3-14(4-2-11)19-9-13-10-20-15(16-13)12-5-6-18-8-12/h1-6,8,10,17H,7,9H2. The highest BCUT2D eigenvalue weighted by Gasteiger charge is 2.05. The van der Waals surface area contributed by atoms with Crippen LogP contribution in [0.2, 0.25) is 0 Å². The molecule has 0 unspecified atom stereocenters. The van der Waals surface area contributed by atoms with Crippen LogP contribution in [0.3, 0.4) is 0 Å². The van der Waals surface area contributed by atoms with Gasteiger partial charge in [-0.05, 0) is 29.1 Å². The van der Waals surface area contributed by atoms with Crippen LogP contribution in [-0.2, 0) is 12.4 Å². The van der Waals surface area contributed by atoms with Gasteiger partial charge in [0.25, 0.3) is 0 Å². The fourth-order valence-corrected chi connectivity index (χ4v) is 4.17. The maximum Gasteiger partial charge on any atom is 0.124 e. The molecule has 0 aliphatic heterocycles. The Morgan fingerprint density at radius 2 is 1.95 bits per heavy atom. The largest absolute Gasteiger partial charge is 0.392 e. The second-order valence-electron chi connectivity index (χ2n) is 4.25. The molecule has 1 N–H and O–H groups in total.